The van der Waals surface area contributed by atoms with Crippen molar-refractivity contribution in [3.05, 3.63) is 23.5 Å². The molecule has 0 aliphatic heterocycles. The second kappa shape index (κ2) is 2.64. The first kappa shape index (κ1) is 6.82. The van der Waals surface area contributed by atoms with Crippen molar-refractivity contribution < 1.29 is 0 Å². The summed E-state index contributed by atoms with van der Waals surface area (Å²) < 4.78 is 2.08. The normalized spacial score (nSPS) is 11.0. The van der Waals surface area contributed by atoms with Crippen LogP contribution in [0.15, 0.2) is 17.8 Å². The highest BCUT2D eigenvalue weighted by Gasteiger charge is 2.01. The number of hydrogen-bond acceptors (Lipinski definition) is 3. The van der Waals surface area contributed by atoms with Gasteiger partial charge in [0.1, 0.15) is 0 Å². The lowest BCUT2D eigenvalue weighted by Crippen LogP contribution is -2.04. The van der Waals surface area contributed by atoms with Crippen LogP contribution in [0.4, 0.5) is 0 Å². The van der Waals surface area contributed by atoms with Crippen LogP contribution < -0.4 is 5.73 Å². The van der Waals surface area contributed by atoms with Crippen LogP contribution in [-0.4, -0.2) is 15.9 Å². The Morgan fingerprint density at radius 3 is 3.36 bits per heavy atom. The zero-order chi connectivity index (χ0) is 7.68. The van der Waals surface area contributed by atoms with E-state index in [-0.39, 0.29) is 0 Å². The van der Waals surface area contributed by atoms with Crippen molar-refractivity contribution >= 4 is 16.3 Å². The minimum Gasteiger partial charge on any atom is -0.330 e. The highest BCUT2D eigenvalue weighted by atomic mass is 32.1. The number of aromatic nitrogens is 2. The smallest absolute Gasteiger partial charge is 0.193 e. The fourth-order valence-electron chi connectivity index (χ4n) is 1.11. The summed E-state index contributed by atoms with van der Waals surface area (Å²) in [5, 5.41) is 2.03. The Kier molecular flexibility index (Phi) is 1.63. The maximum atomic E-state index is 5.44. The predicted octanol–water partition coefficient (Wildman–Crippen LogP) is 0.897. The van der Waals surface area contributed by atoms with Gasteiger partial charge in [0, 0.05) is 23.7 Å². The first-order valence-electron chi connectivity index (χ1n) is 3.51. The summed E-state index contributed by atoms with van der Waals surface area (Å²) in [6.07, 6.45) is 4.81. The number of hydrogen-bond donors (Lipinski definition) is 1. The molecule has 0 saturated heterocycles. The van der Waals surface area contributed by atoms with Gasteiger partial charge in [-0.2, -0.15) is 0 Å². The van der Waals surface area contributed by atoms with Crippen LogP contribution in [0.25, 0.3) is 4.96 Å². The van der Waals surface area contributed by atoms with Crippen molar-refractivity contribution in [3.63, 3.8) is 0 Å². The Morgan fingerprint density at radius 1 is 1.64 bits per heavy atom. The third-order valence-corrected chi connectivity index (χ3v) is 2.39. The lowest BCUT2D eigenvalue weighted by molar-refractivity contribution is 0.909. The zero-order valence-corrected chi connectivity index (χ0v) is 6.84. The van der Waals surface area contributed by atoms with E-state index in [1.165, 1.54) is 5.69 Å². The highest BCUT2D eigenvalue weighted by molar-refractivity contribution is 7.15. The second-order valence-corrected chi connectivity index (χ2v) is 3.22. The summed E-state index contributed by atoms with van der Waals surface area (Å²) in [6.45, 7) is 0.684. The van der Waals surface area contributed by atoms with Crippen LogP contribution in [0.5, 0.6) is 0 Å². The van der Waals surface area contributed by atoms with Gasteiger partial charge in [0.05, 0.1) is 6.20 Å². The van der Waals surface area contributed by atoms with E-state index in [1.807, 2.05) is 17.8 Å². The largest absolute Gasteiger partial charge is 0.330 e. The number of nitrogens with zero attached hydrogens (tertiary/aromatic N) is 2. The van der Waals surface area contributed by atoms with E-state index >= 15 is 0 Å². The van der Waals surface area contributed by atoms with E-state index in [2.05, 4.69) is 9.38 Å². The van der Waals surface area contributed by atoms with Gasteiger partial charge in [-0.25, -0.2) is 4.98 Å². The van der Waals surface area contributed by atoms with Crippen LogP contribution in [0.1, 0.15) is 5.69 Å². The molecule has 0 atom stereocenters. The van der Waals surface area contributed by atoms with Gasteiger partial charge in [0.25, 0.3) is 0 Å². The molecular formula is C7H9N3S. The molecule has 0 aliphatic rings. The van der Waals surface area contributed by atoms with Gasteiger partial charge in [0.15, 0.2) is 4.96 Å². The lowest BCUT2D eigenvalue weighted by Gasteiger charge is -1.92. The van der Waals surface area contributed by atoms with Gasteiger partial charge in [-0.1, -0.05) is 0 Å². The molecule has 0 aromatic carbocycles. The van der Waals surface area contributed by atoms with Gasteiger partial charge in [-0.05, 0) is 6.54 Å². The molecule has 0 spiro atoms. The van der Waals surface area contributed by atoms with Gasteiger partial charge in [0.2, 0.25) is 0 Å². The van der Waals surface area contributed by atoms with Crippen LogP contribution >= 0.6 is 11.3 Å². The molecule has 2 aromatic heterocycles. The maximum absolute atomic E-state index is 5.44. The van der Waals surface area contributed by atoms with E-state index in [0.29, 0.717) is 6.54 Å². The third-order valence-electron chi connectivity index (χ3n) is 1.62. The molecule has 0 radical (unpaired) electrons. The standard InChI is InChI=1S/C7H9N3S/c8-2-1-6-5-9-7-10(6)3-4-11-7/h3-5H,1-2,8H2. The molecule has 2 N–H and O–H groups in total. The Bertz CT molecular complexity index is 349. The number of nitrogens with two attached hydrogens (primary N) is 1. The molecule has 2 aromatic rings. The van der Waals surface area contributed by atoms with E-state index < -0.39 is 0 Å². The van der Waals surface area contributed by atoms with E-state index in [0.717, 1.165) is 11.4 Å². The first-order chi connectivity index (χ1) is 5.42. The SMILES string of the molecule is NCCc1cnc2sccn12. The molecule has 0 aliphatic carbocycles. The zero-order valence-electron chi connectivity index (χ0n) is 6.03. The van der Waals surface area contributed by atoms with Crippen LogP contribution in [0.3, 0.4) is 0 Å². The van der Waals surface area contributed by atoms with Crippen molar-refractivity contribution in [1.82, 2.24) is 9.38 Å². The molecule has 3 nitrogen and oxygen atoms in total. The van der Waals surface area contributed by atoms with Crippen LogP contribution in [0.2, 0.25) is 0 Å². The van der Waals surface area contributed by atoms with Crippen molar-refractivity contribution in [2.75, 3.05) is 6.54 Å². The predicted molar refractivity (Wildman–Crippen MR) is 45.8 cm³/mol. The van der Waals surface area contributed by atoms with Crippen molar-refractivity contribution in [3.8, 4) is 0 Å². The third kappa shape index (κ3) is 1.04. The van der Waals surface area contributed by atoms with Crippen molar-refractivity contribution in [2.24, 2.45) is 5.73 Å². The van der Waals surface area contributed by atoms with Gasteiger partial charge >= 0.3 is 0 Å². The van der Waals surface area contributed by atoms with E-state index in [1.54, 1.807) is 11.3 Å². The minimum atomic E-state index is 0.684. The summed E-state index contributed by atoms with van der Waals surface area (Å²) in [4.78, 5) is 5.27. The highest BCUT2D eigenvalue weighted by Crippen LogP contribution is 2.12. The Morgan fingerprint density at radius 2 is 2.55 bits per heavy atom. The molecule has 0 amide bonds. The molecule has 2 rings (SSSR count). The van der Waals surface area contributed by atoms with Gasteiger partial charge in [-0.3, -0.25) is 4.40 Å². The quantitative estimate of drug-likeness (QED) is 0.722. The van der Waals surface area contributed by atoms with Gasteiger partial charge < -0.3 is 5.73 Å². The molecule has 0 saturated carbocycles. The summed E-state index contributed by atoms with van der Waals surface area (Å²) in [5.41, 5.74) is 6.64. The summed E-state index contributed by atoms with van der Waals surface area (Å²) in [6, 6.07) is 0. The molecule has 0 fully saturated rings. The maximum Gasteiger partial charge on any atom is 0.193 e. The average Bonchev–Trinajstić information content (AvgIpc) is 2.53. The molecule has 0 bridgehead atoms. The lowest BCUT2D eigenvalue weighted by atomic mass is 10.3. The number of rotatable bonds is 2. The van der Waals surface area contributed by atoms with Gasteiger partial charge in [-0.15, -0.1) is 11.3 Å². The van der Waals surface area contributed by atoms with E-state index in [9.17, 15) is 0 Å². The summed E-state index contributed by atoms with van der Waals surface area (Å²) in [7, 11) is 0. The fourth-order valence-corrected chi connectivity index (χ4v) is 1.82. The Balaban J connectivity index is 2.51. The summed E-state index contributed by atoms with van der Waals surface area (Å²) in [5.74, 6) is 0. The Hall–Kier alpha value is -0.870. The summed E-state index contributed by atoms with van der Waals surface area (Å²) >= 11 is 1.65. The molecule has 4 heteroatoms. The minimum absolute atomic E-state index is 0.684. The first-order valence-corrected chi connectivity index (χ1v) is 4.39. The topological polar surface area (TPSA) is 43.3 Å². The second-order valence-electron chi connectivity index (χ2n) is 2.34. The van der Waals surface area contributed by atoms with E-state index in [4.69, 9.17) is 5.73 Å². The monoisotopic (exact) mass is 167 g/mol. The molecule has 0 unspecified atom stereocenters. The molecular weight excluding hydrogens is 158 g/mol. The van der Waals surface area contributed by atoms with Crippen LogP contribution in [0, 0.1) is 0 Å². The number of thiazole rings is 1. The Labute approximate surface area is 68.5 Å². The molecule has 58 valence electrons. The van der Waals surface area contributed by atoms with Crippen molar-refractivity contribution in [2.45, 2.75) is 6.42 Å². The fraction of sp³-hybridized carbons (Fsp3) is 0.286. The molecule has 11 heavy (non-hydrogen) atoms. The van der Waals surface area contributed by atoms with Crippen molar-refractivity contribution in [1.29, 1.82) is 0 Å². The number of imidazole rings is 1. The average molecular weight is 167 g/mol. The molecule has 2 heterocycles. The number of fused-ring (bicyclic) bond motifs is 1. The van der Waals surface area contributed by atoms with Crippen LogP contribution in [-0.2, 0) is 6.42 Å².